The molecular formula is C11H23NO3. The maximum absolute atomic E-state index is 5.40. The van der Waals surface area contributed by atoms with Crippen molar-refractivity contribution in [3.05, 3.63) is 0 Å². The molecule has 0 saturated carbocycles. The quantitative estimate of drug-likeness (QED) is 0.562. The van der Waals surface area contributed by atoms with Gasteiger partial charge in [-0.05, 0) is 12.8 Å². The van der Waals surface area contributed by atoms with Crippen LogP contribution in [0.2, 0.25) is 0 Å². The van der Waals surface area contributed by atoms with Crippen LogP contribution < -0.4 is 0 Å². The predicted octanol–water partition coefficient (Wildman–Crippen LogP) is 0.760. The number of likely N-dealkylation sites (tertiary alicyclic amines) is 1. The summed E-state index contributed by atoms with van der Waals surface area (Å²) in [5, 5.41) is 0. The van der Waals surface area contributed by atoms with E-state index in [9.17, 15) is 0 Å². The van der Waals surface area contributed by atoms with Crippen molar-refractivity contribution in [3.8, 4) is 0 Å². The summed E-state index contributed by atoms with van der Waals surface area (Å²) in [7, 11) is 3.49. The summed E-state index contributed by atoms with van der Waals surface area (Å²) in [6.07, 6.45) is 2.71. The van der Waals surface area contributed by atoms with Gasteiger partial charge in [0.1, 0.15) is 0 Å². The van der Waals surface area contributed by atoms with Crippen molar-refractivity contribution in [2.24, 2.45) is 0 Å². The van der Waals surface area contributed by atoms with Crippen molar-refractivity contribution >= 4 is 0 Å². The molecule has 15 heavy (non-hydrogen) atoms. The second kappa shape index (κ2) is 8.05. The summed E-state index contributed by atoms with van der Waals surface area (Å²) in [5.74, 6) is 0. The minimum atomic E-state index is 0.444. The van der Waals surface area contributed by atoms with E-state index in [0.717, 1.165) is 32.7 Å². The van der Waals surface area contributed by atoms with Crippen molar-refractivity contribution < 1.29 is 14.2 Å². The average Bonchev–Trinajstić information content (AvgIpc) is 2.71. The molecule has 0 bridgehead atoms. The molecule has 1 fully saturated rings. The monoisotopic (exact) mass is 217 g/mol. The Morgan fingerprint density at radius 1 is 1.20 bits per heavy atom. The molecule has 0 aromatic rings. The third-order valence-corrected chi connectivity index (χ3v) is 2.76. The van der Waals surface area contributed by atoms with E-state index in [4.69, 9.17) is 14.2 Å². The van der Waals surface area contributed by atoms with Gasteiger partial charge in [0.15, 0.2) is 0 Å². The molecular weight excluding hydrogens is 194 g/mol. The van der Waals surface area contributed by atoms with Gasteiger partial charge in [-0.15, -0.1) is 0 Å². The van der Waals surface area contributed by atoms with E-state index in [1.165, 1.54) is 6.42 Å². The van der Waals surface area contributed by atoms with E-state index in [-0.39, 0.29) is 0 Å². The molecule has 90 valence electrons. The first kappa shape index (κ1) is 12.9. The van der Waals surface area contributed by atoms with Crippen molar-refractivity contribution in [1.29, 1.82) is 0 Å². The lowest BCUT2D eigenvalue weighted by Crippen LogP contribution is -2.24. The molecule has 1 heterocycles. The van der Waals surface area contributed by atoms with Crippen molar-refractivity contribution in [2.75, 3.05) is 53.7 Å². The number of nitrogens with zero attached hydrogens (tertiary/aromatic N) is 1. The van der Waals surface area contributed by atoms with Gasteiger partial charge in [-0.1, -0.05) is 0 Å². The van der Waals surface area contributed by atoms with Gasteiger partial charge in [0.25, 0.3) is 0 Å². The van der Waals surface area contributed by atoms with Gasteiger partial charge < -0.3 is 19.1 Å². The fraction of sp³-hybridized carbons (Fsp3) is 1.00. The van der Waals surface area contributed by atoms with Gasteiger partial charge in [-0.25, -0.2) is 0 Å². The molecule has 0 aromatic heterocycles. The molecule has 1 saturated heterocycles. The highest BCUT2D eigenvalue weighted by Gasteiger charge is 2.20. The fourth-order valence-electron chi connectivity index (χ4n) is 1.83. The van der Waals surface area contributed by atoms with Crippen molar-refractivity contribution in [1.82, 2.24) is 4.90 Å². The molecule has 0 radical (unpaired) electrons. The predicted molar refractivity (Wildman–Crippen MR) is 59.2 cm³/mol. The van der Waals surface area contributed by atoms with E-state index in [0.29, 0.717) is 19.3 Å². The van der Waals surface area contributed by atoms with E-state index in [1.54, 1.807) is 14.2 Å². The zero-order valence-electron chi connectivity index (χ0n) is 9.91. The number of rotatable bonds is 8. The normalized spacial score (nSPS) is 22.4. The van der Waals surface area contributed by atoms with Gasteiger partial charge >= 0.3 is 0 Å². The molecule has 4 nitrogen and oxygen atoms in total. The van der Waals surface area contributed by atoms with Gasteiger partial charge in [-0.2, -0.15) is 0 Å². The Bertz CT molecular complexity index is 155. The zero-order valence-corrected chi connectivity index (χ0v) is 9.91. The number of methoxy groups -OCH3 is 2. The van der Waals surface area contributed by atoms with Gasteiger partial charge in [0, 0.05) is 40.5 Å². The van der Waals surface area contributed by atoms with Crippen LogP contribution >= 0.6 is 0 Å². The molecule has 1 rings (SSSR count). The fourth-order valence-corrected chi connectivity index (χ4v) is 1.83. The zero-order chi connectivity index (χ0) is 10.9. The Labute approximate surface area is 92.5 Å². The molecule has 0 N–H and O–H groups in total. The lowest BCUT2D eigenvalue weighted by Gasteiger charge is -2.15. The molecule has 0 aromatic carbocycles. The minimum absolute atomic E-state index is 0.444. The second-order valence-corrected chi connectivity index (χ2v) is 3.91. The van der Waals surface area contributed by atoms with Gasteiger partial charge in [-0.3, -0.25) is 0 Å². The highest BCUT2D eigenvalue weighted by atomic mass is 16.5. The molecule has 0 aliphatic carbocycles. The van der Waals surface area contributed by atoms with E-state index in [2.05, 4.69) is 4.90 Å². The van der Waals surface area contributed by atoms with E-state index < -0.39 is 0 Å². The second-order valence-electron chi connectivity index (χ2n) is 3.91. The lowest BCUT2D eigenvalue weighted by molar-refractivity contribution is 0.0646. The van der Waals surface area contributed by atoms with Gasteiger partial charge in [0.2, 0.25) is 0 Å². The Balaban J connectivity index is 1.88. The highest BCUT2D eigenvalue weighted by molar-refractivity contribution is 4.75. The maximum atomic E-state index is 5.40. The number of hydrogen-bond acceptors (Lipinski definition) is 4. The van der Waals surface area contributed by atoms with E-state index in [1.807, 2.05) is 0 Å². The highest BCUT2D eigenvalue weighted by Crippen LogP contribution is 2.11. The number of ether oxygens (including phenoxy) is 3. The molecule has 1 aliphatic heterocycles. The van der Waals surface area contributed by atoms with Crippen LogP contribution in [-0.2, 0) is 14.2 Å². The Morgan fingerprint density at radius 2 is 2.07 bits per heavy atom. The summed E-state index contributed by atoms with van der Waals surface area (Å²) in [6.45, 7) is 5.59. The van der Waals surface area contributed by atoms with Crippen LogP contribution in [0.15, 0.2) is 0 Å². The Hall–Kier alpha value is -0.160. The van der Waals surface area contributed by atoms with Crippen LogP contribution in [0.4, 0.5) is 0 Å². The topological polar surface area (TPSA) is 30.9 Å². The first-order chi connectivity index (χ1) is 7.36. The van der Waals surface area contributed by atoms with Crippen molar-refractivity contribution in [3.63, 3.8) is 0 Å². The molecule has 4 heteroatoms. The van der Waals surface area contributed by atoms with Crippen LogP contribution in [0.1, 0.15) is 12.8 Å². The first-order valence-electron chi connectivity index (χ1n) is 5.68. The van der Waals surface area contributed by atoms with Crippen LogP contribution in [0.25, 0.3) is 0 Å². The largest absolute Gasteiger partial charge is 0.382 e. The van der Waals surface area contributed by atoms with Crippen LogP contribution in [-0.4, -0.2) is 64.7 Å². The molecule has 0 amide bonds. The maximum Gasteiger partial charge on any atom is 0.0710 e. The van der Waals surface area contributed by atoms with Gasteiger partial charge in [0.05, 0.1) is 19.3 Å². The summed E-state index contributed by atoms with van der Waals surface area (Å²) >= 11 is 0. The third-order valence-electron chi connectivity index (χ3n) is 2.76. The molecule has 1 aliphatic rings. The molecule has 1 atom stereocenters. The molecule has 0 unspecified atom stereocenters. The lowest BCUT2D eigenvalue weighted by atomic mass is 10.3. The summed E-state index contributed by atoms with van der Waals surface area (Å²) in [5.41, 5.74) is 0. The van der Waals surface area contributed by atoms with Crippen LogP contribution in [0.3, 0.4) is 0 Å². The smallest absolute Gasteiger partial charge is 0.0710 e. The third kappa shape index (κ3) is 5.47. The number of hydrogen-bond donors (Lipinski definition) is 0. The standard InChI is InChI=1S/C11H23NO3/c1-13-8-9-15-7-3-5-12-6-4-11(10-12)14-2/h11H,3-10H2,1-2H3/t11-/m0/s1. The Kier molecular flexibility index (Phi) is 6.92. The SMILES string of the molecule is COCCOCCCN1CC[C@H](OC)C1. The first-order valence-corrected chi connectivity index (χ1v) is 5.68. The average molecular weight is 217 g/mol. The van der Waals surface area contributed by atoms with E-state index >= 15 is 0 Å². The van der Waals surface area contributed by atoms with Crippen LogP contribution in [0.5, 0.6) is 0 Å². The summed E-state index contributed by atoms with van der Waals surface area (Å²) in [6, 6.07) is 0. The summed E-state index contributed by atoms with van der Waals surface area (Å²) < 4.78 is 15.6. The van der Waals surface area contributed by atoms with Crippen LogP contribution in [0, 0.1) is 0 Å². The Morgan fingerprint density at radius 3 is 2.73 bits per heavy atom. The van der Waals surface area contributed by atoms with Crippen molar-refractivity contribution in [2.45, 2.75) is 18.9 Å². The minimum Gasteiger partial charge on any atom is -0.382 e. The summed E-state index contributed by atoms with van der Waals surface area (Å²) in [4.78, 5) is 2.44. The molecule has 0 spiro atoms.